The van der Waals surface area contributed by atoms with Gasteiger partial charge in [0.15, 0.2) is 6.10 Å². The molecular formula is C19H18F3N3O8. The summed E-state index contributed by atoms with van der Waals surface area (Å²) in [6, 6.07) is 3.84. The Morgan fingerprint density at radius 3 is 2.42 bits per heavy atom. The molecule has 0 radical (unpaired) electrons. The molecule has 2 heterocycles. The largest absolute Gasteiger partial charge is 0.485 e. The molecule has 0 spiro atoms. The van der Waals surface area contributed by atoms with Crippen LogP contribution in [-0.4, -0.2) is 33.1 Å². The first-order chi connectivity index (χ1) is 15.3. The number of aromatic nitrogens is 1. The van der Waals surface area contributed by atoms with Crippen LogP contribution in [0.5, 0.6) is 5.75 Å². The zero-order chi connectivity index (χ0) is 24.6. The molecule has 1 aromatic heterocycles. The van der Waals surface area contributed by atoms with E-state index in [4.69, 9.17) is 9.57 Å². The third-order valence-corrected chi connectivity index (χ3v) is 5.10. The number of hydrogen-bond donors (Lipinski definition) is 0. The minimum Gasteiger partial charge on any atom is -0.485 e. The van der Waals surface area contributed by atoms with Crippen LogP contribution in [0.1, 0.15) is 36.6 Å². The molecule has 1 aliphatic heterocycles. The maximum absolute atomic E-state index is 13.3. The highest BCUT2D eigenvalue weighted by Gasteiger charge is 2.48. The zero-order valence-electron chi connectivity index (χ0n) is 17.3. The summed E-state index contributed by atoms with van der Waals surface area (Å²) >= 11 is 0. The van der Waals surface area contributed by atoms with Gasteiger partial charge in [-0.3, -0.25) is 4.79 Å². The lowest BCUT2D eigenvalue weighted by atomic mass is 9.85. The monoisotopic (exact) mass is 473 g/mol. The van der Waals surface area contributed by atoms with Gasteiger partial charge in [0.05, 0.1) is 11.6 Å². The maximum atomic E-state index is 13.3. The summed E-state index contributed by atoms with van der Waals surface area (Å²) in [5.41, 5.74) is -2.90. The number of rotatable bonds is 7. The minimum atomic E-state index is -4.71. The molecule has 3 rings (SSSR count). The fourth-order valence-corrected chi connectivity index (χ4v) is 3.66. The summed E-state index contributed by atoms with van der Waals surface area (Å²) in [5.74, 6) is 0.0107. The molecule has 11 nitrogen and oxygen atoms in total. The van der Waals surface area contributed by atoms with Crippen molar-refractivity contribution in [2.24, 2.45) is 0 Å². The van der Waals surface area contributed by atoms with Crippen LogP contribution in [-0.2, 0) is 22.3 Å². The lowest BCUT2D eigenvalue weighted by molar-refractivity contribution is -0.773. The van der Waals surface area contributed by atoms with Gasteiger partial charge in [-0.05, 0) is 50.1 Å². The Bertz CT molecular complexity index is 1130. The van der Waals surface area contributed by atoms with Gasteiger partial charge >= 0.3 is 6.18 Å². The van der Waals surface area contributed by atoms with Gasteiger partial charge in [-0.2, -0.15) is 13.2 Å². The molecule has 1 aromatic carbocycles. The number of halogens is 3. The lowest BCUT2D eigenvalue weighted by Crippen LogP contribution is -2.54. The highest BCUT2D eigenvalue weighted by Crippen LogP contribution is 2.45. The van der Waals surface area contributed by atoms with Crippen LogP contribution in [0.2, 0.25) is 0 Å². The molecule has 0 amide bonds. The van der Waals surface area contributed by atoms with Gasteiger partial charge in [-0.25, -0.2) is 0 Å². The van der Waals surface area contributed by atoms with Crippen molar-refractivity contribution in [2.45, 2.75) is 44.2 Å². The van der Waals surface area contributed by atoms with Crippen molar-refractivity contribution in [3.63, 3.8) is 0 Å². The quantitative estimate of drug-likeness (QED) is 0.442. The average molecular weight is 473 g/mol. The second-order valence-electron chi connectivity index (χ2n) is 7.74. The predicted octanol–water partition coefficient (Wildman–Crippen LogP) is 2.96. The van der Waals surface area contributed by atoms with Crippen LogP contribution in [0.3, 0.4) is 0 Å². The van der Waals surface area contributed by atoms with Gasteiger partial charge in [0, 0.05) is 17.8 Å². The van der Waals surface area contributed by atoms with Gasteiger partial charge in [-0.15, -0.1) is 20.2 Å². The number of benzene rings is 1. The molecule has 0 saturated heterocycles. The van der Waals surface area contributed by atoms with Gasteiger partial charge in [0.2, 0.25) is 0 Å². The molecule has 0 unspecified atom stereocenters. The summed E-state index contributed by atoms with van der Waals surface area (Å²) in [7, 11) is 0. The van der Waals surface area contributed by atoms with Gasteiger partial charge < -0.3 is 19.0 Å². The van der Waals surface area contributed by atoms with Crippen LogP contribution < -0.4 is 10.3 Å². The summed E-state index contributed by atoms with van der Waals surface area (Å²) in [6.07, 6.45) is -4.95. The molecule has 178 valence electrons. The summed E-state index contributed by atoms with van der Waals surface area (Å²) in [6.45, 7) is 2.58. The Kier molecular flexibility index (Phi) is 6.20. The third-order valence-electron chi connectivity index (χ3n) is 5.10. The first-order valence-electron chi connectivity index (χ1n) is 9.49. The lowest BCUT2D eigenvalue weighted by Gasteiger charge is -2.43. The molecule has 0 fully saturated rings. The third kappa shape index (κ3) is 5.15. The second-order valence-corrected chi connectivity index (χ2v) is 7.74. The fraction of sp³-hybridized carbons (Fsp3) is 0.421. The molecule has 0 aliphatic carbocycles. The number of alkyl halides is 3. The highest BCUT2D eigenvalue weighted by atomic mass is 19.4. The van der Waals surface area contributed by atoms with E-state index in [-0.39, 0.29) is 24.3 Å². The first-order valence-corrected chi connectivity index (χ1v) is 9.49. The Hall–Kier alpha value is -3.84. The van der Waals surface area contributed by atoms with Gasteiger partial charge in [0.1, 0.15) is 18.0 Å². The van der Waals surface area contributed by atoms with Crippen molar-refractivity contribution in [3.05, 3.63) is 83.8 Å². The molecule has 0 N–H and O–H groups in total. The summed E-state index contributed by atoms with van der Waals surface area (Å²) < 4.78 is 46.7. The smallest absolute Gasteiger partial charge is 0.416 e. The molecule has 1 aliphatic rings. The number of pyridine rings is 1. The van der Waals surface area contributed by atoms with Crippen molar-refractivity contribution in [2.75, 3.05) is 6.61 Å². The molecule has 14 heteroatoms. The van der Waals surface area contributed by atoms with E-state index in [1.807, 2.05) is 0 Å². The van der Waals surface area contributed by atoms with Crippen LogP contribution >= 0.6 is 0 Å². The molecule has 33 heavy (non-hydrogen) atoms. The molecule has 2 atom stereocenters. The number of fused-ring (bicyclic) bond motifs is 1. The number of nitrogens with zero attached hydrogens (tertiary/aromatic N) is 3. The average Bonchev–Trinajstić information content (AvgIpc) is 2.67. The first kappa shape index (κ1) is 23.8. The Morgan fingerprint density at radius 1 is 1.15 bits per heavy atom. The van der Waals surface area contributed by atoms with Crippen molar-refractivity contribution in [1.82, 2.24) is 4.57 Å². The topological polar surface area (TPSA) is 136 Å². The number of ether oxygens (including phenoxy) is 1. The van der Waals surface area contributed by atoms with Crippen molar-refractivity contribution in [1.29, 1.82) is 0 Å². The Labute approximate surface area is 183 Å². The minimum absolute atomic E-state index is 0.0107. The number of hydrogen-bond acceptors (Lipinski definition) is 8. The SMILES string of the molecule is CC1(C)Oc2ccc(C(F)(F)F)cc2[C@@H](n2ccc(CCO[N+](=O)[O-])cc2=O)[C@@H]1O[N+](=O)[O-]. The van der Waals surface area contributed by atoms with E-state index in [1.54, 1.807) is 0 Å². The molecular weight excluding hydrogens is 455 g/mol. The molecule has 0 saturated carbocycles. The van der Waals surface area contributed by atoms with E-state index in [2.05, 4.69) is 4.84 Å². The zero-order valence-corrected chi connectivity index (χ0v) is 17.3. The predicted molar refractivity (Wildman–Crippen MR) is 104 cm³/mol. The molecule has 2 aromatic rings. The van der Waals surface area contributed by atoms with Gasteiger partial charge in [0.25, 0.3) is 15.7 Å². The van der Waals surface area contributed by atoms with Crippen molar-refractivity contribution >= 4 is 0 Å². The summed E-state index contributed by atoms with van der Waals surface area (Å²) in [4.78, 5) is 43.3. The normalized spacial score (nSPS) is 19.2. The summed E-state index contributed by atoms with van der Waals surface area (Å²) in [5, 5.41) is 19.4. The van der Waals surface area contributed by atoms with Crippen molar-refractivity contribution in [3.8, 4) is 5.75 Å². The second kappa shape index (κ2) is 8.60. The van der Waals surface area contributed by atoms with E-state index in [0.717, 1.165) is 28.8 Å². The van der Waals surface area contributed by atoms with Crippen molar-refractivity contribution < 1.29 is 37.8 Å². The van der Waals surface area contributed by atoms with E-state index in [0.29, 0.717) is 5.56 Å². The standard InChI is InChI=1S/C19H18F3N3O8/c1-18(2)17(33-25(29)30)16(13-10-12(19(20,21)22)3-4-14(13)32-18)23-7-5-11(9-15(23)26)6-8-31-24(27)28/h3-5,7,9-10,16-17H,6,8H2,1-2H3/t16-,17+/m1/s1. The van der Waals surface area contributed by atoms with Crippen LogP contribution in [0.25, 0.3) is 0 Å². The van der Waals surface area contributed by atoms with E-state index >= 15 is 0 Å². The van der Waals surface area contributed by atoms with Crippen LogP contribution in [0.15, 0.2) is 41.3 Å². The van der Waals surface area contributed by atoms with Gasteiger partial charge in [-0.1, -0.05) is 0 Å². The Balaban J connectivity index is 2.12. The van der Waals surface area contributed by atoms with E-state index < -0.39 is 45.2 Å². The molecule has 0 bridgehead atoms. The Morgan fingerprint density at radius 2 is 1.85 bits per heavy atom. The maximum Gasteiger partial charge on any atom is 0.416 e. The highest BCUT2D eigenvalue weighted by molar-refractivity contribution is 5.44. The fourth-order valence-electron chi connectivity index (χ4n) is 3.66. The van der Waals surface area contributed by atoms with E-state index in [1.165, 1.54) is 26.1 Å². The van der Waals surface area contributed by atoms with E-state index in [9.17, 15) is 38.2 Å². The van der Waals surface area contributed by atoms with Crippen LogP contribution in [0, 0.1) is 20.2 Å². The van der Waals surface area contributed by atoms with Crippen LogP contribution in [0.4, 0.5) is 13.2 Å².